The van der Waals surface area contributed by atoms with Crippen LogP contribution >= 0.6 is 15.9 Å². The zero-order chi connectivity index (χ0) is 13.1. The summed E-state index contributed by atoms with van der Waals surface area (Å²) >= 11 is 3.07. The molecule has 0 aromatic carbocycles. The summed E-state index contributed by atoms with van der Waals surface area (Å²) in [5, 5.41) is 14.4. The molecule has 0 aliphatic heterocycles. The first-order valence-corrected chi connectivity index (χ1v) is 5.54. The summed E-state index contributed by atoms with van der Waals surface area (Å²) < 4.78 is 1.72. The van der Waals surface area contributed by atoms with Crippen LogP contribution in [0.3, 0.4) is 0 Å². The number of nitrogens with zero attached hydrogens (tertiary/aromatic N) is 5. The number of rotatable bonds is 4. The second-order valence-electron chi connectivity index (χ2n) is 3.29. The van der Waals surface area contributed by atoms with E-state index < -0.39 is 4.92 Å². The lowest BCUT2D eigenvalue weighted by atomic mass is 10.4. The van der Waals surface area contributed by atoms with Gasteiger partial charge in [-0.05, 0) is 20.9 Å². The monoisotopic (exact) mass is 313 g/mol. The standard InChI is InChI=1S/C8H8BrN7O2/c9-6-4-15(14-8(6)16(17)18)3-5-1-12-7(13-10)2-11-5/h1-2,4H,3,10H2,(H,12,13). The molecule has 2 aromatic heterocycles. The van der Waals surface area contributed by atoms with Crippen LogP contribution in [0, 0.1) is 10.1 Å². The van der Waals surface area contributed by atoms with Crippen LogP contribution in [0.25, 0.3) is 0 Å². The molecular formula is C8H8BrN7O2. The van der Waals surface area contributed by atoms with E-state index in [0.717, 1.165) is 0 Å². The van der Waals surface area contributed by atoms with Gasteiger partial charge in [0, 0.05) is 0 Å². The highest BCUT2D eigenvalue weighted by Crippen LogP contribution is 2.22. The maximum Gasteiger partial charge on any atom is 0.404 e. The maximum atomic E-state index is 10.6. The summed E-state index contributed by atoms with van der Waals surface area (Å²) in [4.78, 5) is 18.1. The van der Waals surface area contributed by atoms with E-state index in [2.05, 4.69) is 36.4 Å². The third-order valence-corrected chi connectivity index (χ3v) is 2.61. The molecule has 2 aromatic rings. The van der Waals surface area contributed by atoms with E-state index >= 15 is 0 Å². The summed E-state index contributed by atoms with van der Waals surface area (Å²) in [5.41, 5.74) is 2.96. The molecule has 94 valence electrons. The second-order valence-corrected chi connectivity index (χ2v) is 4.15. The Morgan fingerprint density at radius 1 is 1.50 bits per heavy atom. The van der Waals surface area contributed by atoms with Crippen LogP contribution in [-0.4, -0.2) is 24.7 Å². The minimum absolute atomic E-state index is 0.233. The average Bonchev–Trinajstić information content (AvgIpc) is 2.71. The molecule has 0 saturated carbocycles. The zero-order valence-electron chi connectivity index (χ0n) is 8.95. The Morgan fingerprint density at radius 2 is 2.28 bits per heavy atom. The number of hydrazine groups is 1. The van der Waals surface area contributed by atoms with Crippen molar-refractivity contribution in [3.8, 4) is 0 Å². The van der Waals surface area contributed by atoms with E-state index in [-0.39, 0.29) is 12.4 Å². The Kier molecular flexibility index (Phi) is 3.48. The summed E-state index contributed by atoms with van der Waals surface area (Å²) in [7, 11) is 0. The van der Waals surface area contributed by atoms with E-state index in [1.54, 1.807) is 0 Å². The van der Waals surface area contributed by atoms with Crippen LogP contribution in [0.15, 0.2) is 23.1 Å². The normalized spacial score (nSPS) is 10.3. The Hall–Kier alpha value is -2.07. The van der Waals surface area contributed by atoms with Gasteiger partial charge in [-0.25, -0.2) is 10.8 Å². The summed E-state index contributed by atoms with van der Waals surface area (Å²) in [6.45, 7) is 0.282. The molecule has 9 nitrogen and oxygen atoms in total. The third-order valence-electron chi connectivity index (χ3n) is 2.05. The molecule has 0 unspecified atom stereocenters. The van der Waals surface area contributed by atoms with Crippen molar-refractivity contribution in [2.24, 2.45) is 5.84 Å². The van der Waals surface area contributed by atoms with Crippen LogP contribution in [0.2, 0.25) is 0 Å². The number of nitrogen functional groups attached to an aromatic ring is 1. The molecule has 2 rings (SSSR count). The first-order valence-electron chi connectivity index (χ1n) is 4.75. The smallest absolute Gasteiger partial charge is 0.358 e. The number of nitrogens with two attached hydrogens (primary N) is 1. The van der Waals surface area contributed by atoms with Crippen LogP contribution in [0.5, 0.6) is 0 Å². The summed E-state index contributed by atoms with van der Waals surface area (Å²) in [6.07, 6.45) is 4.48. The van der Waals surface area contributed by atoms with E-state index in [1.807, 2.05) is 0 Å². The quantitative estimate of drug-likeness (QED) is 0.483. The van der Waals surface area contributed by atoms with E-state index in [4.69, 9.17) is 5.84 Å². The Morgan fingerprint density at radius 3 is 2.78 bits per heavy atom. The van der Waals surface area contributed by atoms with Gasteiger partial charge in [0.25, 0.3) is 0 Å². The topological polar surface area (TPSA) is 125 Å². The molecule has 0 fully saturated rings. The van der Waals surface area contributed by atoms with Crippen molar-refractivity contribution >= 4 is 27.6 Å². The van der Waals surface area contributed by atoms with E-state index in [0.29, 0.717) is 16.0 Å². The van der Waals surface area contributed by atoms with Gasteiger partial charge in [-0.3, -0.25) is 4.98 Å². The Bertz CT molecular complexity index is 567. The van der Waals surface area contributed by atoms with Gasteiger partial charge in [-0.1, -0.05) is 0 Å². The van der Waals surface area contributed by atoms with Gasteiger partial charge in [0.2, 0.25) is 0 Å². The van der Waals surface area contributed by atoms with Gasteiger partial charge in [0.1, 0.15) is 11.0 Å². The first kappa shape index (κ1) is 12.4. The van der Waals surface area contributed by atoms with Crippen LogP contribution in [-0.2, 0) is 6.54 Å². The number of anilines is 1. The zero-order valence-corrected chi connectivity index (χ0v) is 10.5. The van der Waals surface area contributed by atoms with Crippen molar-refractivity contribution in [2.75, 3.05) is 5.43 Å². The largest absolute Gasteiger partial charge is 0.404 e. The molecule has 2 heterocycles. The molecule has 0 amide bonds. The van der Waals surface area contributed by atoms with Crippen LogP contribution < -0.4 is 11.3 Å². The number of halogens is 1. The third kappa shape index (κ3) is 2.60. The molecular weight excluding hydrogens is 306 g/mol. The second kappa shape index (κ2) is 5.06. The average molecular weight is 314 g/mol. The van der Waals surface area contributed by atoms with Gasteiger partial charge < -0.3 is 15.5 Å². The lowest BCUT2D eigenvalue weighted by Gasteiger charge is -1.99. The fourth-order valence-electron chi connectivity index (χ4n) is 1.27. The van der Waals surface area contributed by atoms with Crippen molar-refractivity contribution in [1.82, 2.24) is 19.7 Å². The Balaban J connectivity index is 2.18. The van der Waals surface area contributed by atoms with Crippen LogP contribution in [0.4, 0.5) is 11.6 Å². The van der Waals surface area contributed by atoms with Crippen molar-refractivity contribution in [2.45, 2.75) is 6.54 Å². The SMILES string of the molecule is NNc1cnc(Cn2cc(Br)c([N+](=O)[O-])n2)cn1. The minimum atomic E-state index is -0.562. The summed E-state index contributed by atoms with van der Waals surface area (Å²) in [6, 6.07) is 0. The van der Waals surface area contributed by atoms with E-state index in [9.17, 15) is 10.1 Å². The number of hydrogen-bond donors (Lipinski definition) is 2. The molecule has 0 spiro atoms. The molecule has 0 saturated heterocycles. The van der Waals surface area contributed by atoms with Crippen molar-refractivity contribution in [1.29, 1.82) is 0 Å². The van der Waals surface area contributed by atoms with Gasteiger partial charge in [0.05, 0.1) is 29.4 Å². The highest BCUT2D eigenvalue weighted by Gasteiger charge is 2.18. The lowest BCUT2D eigenvalue weighted by Crippen LogP contribution is -2.10. The molecule has 18 heavy (non-hydrogen) atoms. The number of nitrogens with one attached hydrogen (secondary N) is 1. The number of hydrogen-bond acceptors (Lipinski definition) is 7. The fraction of sp³-hybridized carbons (Fsp3) is 0.125. The van der Waals surface area contributed by atoms with Gasteiger partial charge >= 0.3 is 5.82 Å². The van der Waals surface area contributed by atoms with Gasteiger partial charge in [0.15, 0.2) is 5.82 Å². The predicted molar refractivity (Wildman–Crippen MR) is 65.5 cm³/mol. The van der Waals surface area contributed by atoms with Gasteiger partial charge in [-0.15, -0.1) is 0 Å². The molecule has 0 atom stereocenters. The minimum Gasteiger partial charge on any atom is -0.358 e. The fourth-order valence-corrected chi connectivity index (χ4v) is 1.73. The molecule has 0 bridgehead atoms. The predicted octanol–water partition coefficient (Wildman–Crippen LogP) is 0.678. The molecule has 3 N–H and O–H groups in total. The lowest BCUT2D eigenvalue weighted by molar-refractivity contribution is -0.390. The summed E-state index contributed by atoms with van der Waals surface area (Å²) in [5.74, 6) is 5.36. The maximum absolute atomic E-state index is 10.6. The van der Waals surface area contributed by atoms with Crippen molar-refractivity contribution < 1.29 is 4.92 Å². The highest BCUT2D eigenvalue weighted by atomic mass is 79.9. The van der Waals surface area contributed by atoms with Gasteiger partial charge in [-0.2, -0.15) is 4.68 Å². The highest BCUT2D eigenvalue weighted by molar-refractivity contribution is 9.10. The van der Waals surface area contributed by atoms with Crippen molar-refractivity contribution in [3.63, 3.8) is 0 Å². The van der Waals surface area contributed by atoms with E-state index in [1.165, 1.54) is 23.3 Å². The first-order chi connectivity index (χ1) is 8.60. The molecule has 0 aliphatic rings. The number of aromatic nitrogens is 4. The molecule has 0 aliphatic carbocycles. The molecule has 10 heteroatoms. The van der Waals surface area contributed by atoms with Crippen molar-refractivity contribution in [3.05, 3.63) is 38.9 Å². The Labute approximate surface area is 109 Å². The van der Waals surface area contributed by atoms with Crippen LogP contribution in [0.1, 0.15) is 5.69 Å². The molecule has 0 radical (unpaired) electrons. The number of nitro groups is 1.